The molecule has 28 heavy (non-hydrogen) atoms. The Morgan fingerprint density at radius 2 is 1.71 bits per heavy atom. The first-order chi connectivity index (χ1) is 13.5. The van der Waals surface area contributed by atoms with Crippen molar-refractivity contribution in [3.8, 4) is 34.1 Å². The molecule has 140 valence electrons. The molecular formula is C20H10F2O6. The third-order valence-corrected chi connectivity index (χ3v) is 5.01. The van der Waals surface area contributed by atoms with Crippen LogP contribution >= 0.6 is 0 Å². The van der Waals surface area contributed by atoms with Crippen LogP contribution < -0.4 is 18.9 Å². The lowest BCUT2D eigenvalue weighted by Gasteiger charge is -2.14. The summed E-state index contributed by atoms with van der Waals surface area (Å²) < 4.78 is 52.3. The molecule has 0 aromatic heterocycles. The van der Waals surface area contributed by atoms with Crippen LogP contribution in [0.1, 0.15) is 15.9 Å². The largest absolute Gasteiger partial charge is 0.586 e. The number of carbonyl (C=O) groups excluding carboxylic acids is 1. The van der Waals surface area contributed by atoms with Gasteiger partial charge < -0.3 is 23.7 Å². The summed E-state index contributed by atoms with van der Waals surface area (Å²) in [4.78, 5) is 12.2. The Hall–Kier alpha value is -3.55. The number of esters is 1. The van der Waals surface area contributed by atoms with Crippen LogP contribution in [0.25, 0.3) is 21.9 Å². The Kier molecular flexibility index (Phi) is 2.79. The van der Waals surface area contributed by atoms with Crippen LogP contribution in [0.2, 0.25) is 0 Å². The second-order valence-electron chi connectivity index (χ2n) is 6.58. The number of ether oxygens (including phenoxy) is 5. The quantitative estimate of drug-likeness (QED) is 0.585. The molecule has 0 fully saturated rings. The molecule has 3 aliphatic rings. The van der Waals surface area contributed by atoms with E-state index in [4.69, 9.17) is 14.2 Å². The molecule has 0 unspecified atom stereocenters. The number of cyclic esters (lactones) is 1. The van der Waals surface area contributed by atoms with Crippen molar-refractivity contribution in [2.45, 2.75) is 12.9 Å². The van der Waals surface area contributed by atoms with Gasteiger partial charge in [0.15, 0.2) is 23.0 Å². The van der Waals surface area contributed by atoms with Crippen molar-refractivity contribution in [3.05, 3.63) is 47.5 Å². The number of alkyl halides is 2. The number of rotatable bonds is 1. The first-order valence-electron chi connectivity index (χ1n) is 8.46. The number of fused-ring (bicyclic) bond motifs is 5. The fourth-order valence-corrected chi connectivity index (χ4v) is 3.86. The van der Waals surface area contributed by atoms with Gasteiger partial charge in [-0.2, -0.15) is 0 Å². The van der Waals surface area contributed by atoms with Crippen LogP contribution in [0.5, 0.6) is 23.0 Å². The zero-order valence-electron chi connectivity index (χ0n) is 14.1. The maximum atomic E-state index is 13.4. The minimum Gasteiger partial charge on any atom is -0.457 e. The third kappa shape index (κ3) is 2.02. The summed E-state index contributed by atoms with van der Waals surface area (Å²) in [5.41, 5.74) is 2.32. The average Bonchev–Trinajstić information content (AvgIpc) is 3.35. The standard InChI is InChI=1S/C20H10F2O6/c21-20(22)27-13-3-1-10(6-15(13)28-20)16-12-7-24-19(23)11(12)5-9-2-4-14-18(17(9)16)26-8-25-14/h1-6H,7-8H2. The second-order valence-corrected chi connectivity index (χ2v) is 6.58. The summed E-state index contributed by atoms with van der Waals surface area (Å²) in [7, 11) is 0. The summed E-state index contributed by atoms with van der Waals surface area (Å²) in [5.74, 6) is 0.554. The van der Waals surface area contributed by atoms with Crippen molar-refractivity contribution in [3.63, 3.8) is 0 Å². The molecule has 6 rings (SSSR count). The molecule has 8 heteroatoms. The molecule has 6 nitrogen and oxygen atoms in total. The van der Waals surface area contributed by atoms with Gasteiger partial charge in [0.1, 0.15) is 6.61 Å². The molecule has 0 N–H and O–H groups in total. The molecule has 0 bridgehead atoms. The number of halogens is 2. The predicted octanol–water partition coefficient (Wildman–Crippen LogP) is 4.23. The van der Waals surface area contributed by atoms with E-state index in [2.05, 4.69) is 9.47 Å². The minimum absolute atomic E-state index is 0.0530. The SMILES string of the molecule is O=C1OCc2c1cc1ccc3c(c1c2-c1ccc2c(c1)OC(F)(F)O2)OCO3. The van der Waals surface area contributed by atoms with Gasteiger partial charge in [0.05, 0.1) is 5.56 Å². The molecular weight excluding hydrogens is 374 g/mol. The molecule has 0 amide bonds. The van der Waals surface area contributed by atoms with Gasteiger partial charge in [-0.05, 0) is 35.2 Å². The van der Waals surface area contributed by atoms with E-state index in [1.54, 1.807) is 18.2 Å². The molecule has 0 saturated carbocycles. The van der Waals surface area contributed by atoms with Crippen LogP contribution in [-0.2, 0) is 11.3 Å². The molecule has 3 aromatic carbocycles. The highest BCUT2D eigenvalue weighted by molar-refractivity contribution is 6.10. The highest BCUT2D eigenvalue weighted by atomic mass is 19.3. The molecule has 0 saturated heterocycles. The first kappa shape index (κ1) is 15.5. The van der Waals surface area contributed by atoms with Gasteiger partial charge in [-0.15, -0.1) is 8.78 Å². The normalized spacial score (nSPS) is 17.7. The predicted molar refractivity (Wildman–Crippen MR) is 90.8 cm³/mol. The summed E-state index contributed by atoms with van der Waals surface area (Å²) in [6.45, 7) is 0.155. The Morgan fingerprint density at radius 3 is 2.61 bits per heavy atom. The molecule has 3 heterocycles. The van der Waals surface area contributed by atoms with Gasteiger partial charge >= 0.3 is 12.3 Å². The van der Waals surface area contributed by atoms with Gasteiger partial charge in [-0.25, -0.2) is 4.79 Å². The first-order valence-corrected chi connectivity index (χ1v) is 8.46. The third-order valence-electron chi connectivity index (χ3n) is 5.01. The number of carbonyl (C=O) groups is 1. The van der Waals surface area contributed by atoms with Gasteiger partial charge in [0, 0.05) is 16.5 Å². The lowest BCUT2D eigenvalue weighted by Crippen LogP contribution is -2.25. The van der Waals surface area contributed by atoms with Crippen molar-refractivity contribution in [1.29, 1.82) is 0 Å². The van der Waals surface area contributed by atoms with E-state index in [-0.39, 0.29) is 24.9 Å². The zero-order chi connectivity index (χ0) is 19.0. The van der Waals surface area contributed by atoms with Crippen LogP contribution in [0.4, 0.5) is 8.78 Å². The average molecular weight is 384 g/mol. The summed E-state index contributed by atoms with van der Waals surface area (Å²) in [6, 6.07) is 9.84. The fraction of sp³-hybridized carbons (Fsp3) is 0.150. The highest BCUT2D eigenvalue weighted by Crippen LogP contribution is 2.49. The lowest BCUT2D eigenvalue weighted by molar-refractivity contribution is -0.286. The van der Waals surface area contributed by atoms with Crippen molar-refractivity contribution < 1.29 is 37.3 Å². The highest BCUT2D eigenvalue weighted by Gasteiger charge is 2.43. The second kappa shape index (κ2) is 5.03. The summed E-state index contributed by atoms with van der Waals surface area (Å²) in [5, 5.41) is 1.47. The van der Waals surface area contributed by atoms with Crippen molar-refractivity contribution in [1.82, 2.24) is 0 Å². The molecule has 0 atom stereocenters. The van der Waals surface area contributed by atoms with Crippen molar-refractivity contribution >= 4 is 16.7 Å². The zero-order valence-corrected chi connectivity index (χ0v) is 14.1. The van der Waals surface area contributed by atoms with E-state index in [9.17, 15) is 13.6 Å². The molecule has 0 aliphatic carbocycles. The van der Waals surface area contributed by atoms with Gasteiger partial charge in [0.2, 0.25) is 6.79 Å². The smallest absolute Gasteiger partial charge is 0.457 e. The molecule has 0 spiro atoms. The van der Waals surface area contributed by atoms with E-state index < -0.39 is 12.3 Å². The number of hydrogen-bond acceptors (Lipinski definition) is 6. The van der Waals surface area contributed by atoms with Crippen LogP contribution in [0.3, 0.4) is 0 Å². The van der Waals surface area contributed by atoms with Gasteiger partial charge in [-0.3, -0.25) is 0 Å². The van der Waals surface area contributed by atoms with E-state index in [1.807, 2.05) is 6.07 Å². The summed E-state index contributed by atoms with van der Waals surface area (Å²) >= 11 is 0. The van der Waals surface area contributed by atoms with Crippen LogP contribution in [0.15, 0.2) is 36.4 Å². The van der Waals surface area contributed by atoms with Gasteiger partial charge in [0.25, 0.3) is 0 Å². The Morgan fingerprint density at radius 1 is 0.893 bits per heavy atom. The maximum Gasteiger partial charge on any atom is 0.586 e. The number of hydrogen-bond donors (Lipinski definition) is 0. The molecule has 3 aromatic rings. The topological polar surface area (TPSA) is 63.2 Å². The van der Waals surface area contributed by atoms with Gasteiger partial charge in [-0.1, -0.05) is 12.1 Å². The van der Waals surface area contributed by atoms with Crippen molar-refractivity contribution in [2.24, 2.45) is 0 Å². The van der Waals surface area contributed by atoms with Crippen molar-refractivity contribution in [2.75, 3.05) is 6.79 Å². The number of benzene rings is 3. The van der Waals surface area contributed by atoms with E-state index >= 15 is 0 Å². The Bertz CT molecular complexity index is 1200. The van der Waals surface area contributed by atoms with E-state index in [1.165, 1.54) is 12.1 Å². The molecule has 3 aliphatic heterocycles. The van der Waals surface area contributed by atoms with E-state index in [0.29, 0.717) is 33.8 Å². The Balaban J connectivity index is 1.67. The van der Waals surface area contributed by atoms with Crippen LogP contribution in [0, 0.1) is 0 Å². The fourth-order valence-electron chi connectivity index (χ4n) is 3.86. The Labute approximate surface area is 156 Å². The van der Waals surface area contributed by atoms with E-state index in [0.717, 1.165) is 10.8 Å². The lowest BCUT2D eigenvalue weighted by atomic mass is 9.90. The minimum atomic E-state index is -3.71. The summed E-state index contributed by atoms with van der Waals surface area (Å²) in [6.07, 6.45) is -3.71. The maximum absolute atomic E-state index is 13.4. The molecule has 0 radical (unpaired) electrons. The van der Waals surface area contributed by atoms with Crippen LogP contribution in [-0.4, -0.2) is 19.1 Å². The monoisotopic (exact) mass is 384 g/mol.